The average molecular weight is 435 g/mol. The van der Waals surface area contributed by atoms with Gasteiger partial charge in [-0.1, -0.05) is 12.2 Å². The van der Waals surface area contributed by atoms with Crippen LogP contribution in [0.3, 0.4) is 0 Å². The van der Waals surface area contributed by atoms with Gasteiger partial charge < -0.3 is 15.0 Å². The number of fused-ring (bicyclic) bond motifs is 3. The fourth-order valence-electron chi connectivity index (χ4n) is 5.48. The van der Waals surface area contributed by atoms with Crippen LogP contribution in [-0.4, -0.2) is 44.7 Å². The van der Waals surface area contributed by atoms with Crippen molar-refractivity contribution in [2.24, 2.45) is 17.8 Å². The molecule has 1 aliphatic carbocycles. The molecule has 5 rings (SSSR count). The molecule has 7 heteroatoms. The maximum atomic E-state index is 13.3. The van der Waals surface area contributed by atoms with Crippen LogP contribution >= 0.6 is 0 Å². The molecule has 0 bridgehead atoms. The summed E-state index contributed by atoms with van der Waals surface area (Å²) in [5.41, 5.74) is 2.64. The Kier molecular flexibility index (Phi) is 5.69. The van der Waals surface area contributed by atoms with Crippen molar-refractivity contribution in [3.8, 4) is 0 Å². The summed E-state index contributed by atoms with van der Waals surface area (Å²) in [7, 11) is 0. The second-order valence-corrected chi connectivity index (χ2v) is 9.25. The highest BCUT2D eigenvalue weighted by Gasteiger charge is 2.55. The molecule has 4 heterocycles. The minimum Gasteiger partial charge on any atom is -0.396 e. The maximum Gasteiger partial charge on any atom is 0.258 e. The molecule has 7 nitrogen and oxygen atoms in total. The van der Waals surface area contributed by atoms with Gasteiger partial charge in [-0.3, -0.25) is 19.5 Å². The van der Waals surface area contributed by atoms with Crippen LogP contribution in [0.25, 0.3) is 6.08 Å². The molecule has 2 fully saturated rings. The summed E-state index contributed by atoms with van der Waals surface area (Å²) < 4.78 is 1.84. The lowest BCUT2D eigenvalue weighted by molar-refractivity contribution is -0.128. The Morgan fingerprint density at radius 3 is 2.72 bits per heavy atom. The Bertz CT molecular complexity index is 1080. The number of aliphatic hydroxyl groups excluding tert-OH is 1. The van der Waals surface area contributed by atoms with Gasteiger partial charge in [-0.15, -0.1) is 0 Å². The number of allylic oxidation sites excluding steroid dienone is 1. The Morgan fingerprint density at radius 1 is 1.25 bits per heavy atom. The van der Waals surface area contributed by atoms with Crippen molar-refractivity contribution in [3.05, 3.63) is 69.9 Å². The zero-order valence-corrected chi connectivity index (χ0v) is 18.4. The Morgan fingerprint density at radius 2 is 2.03 bits per heavy atom. The maximum absolute atomic E-state index is 13.3. The molecule has 1 saturated carbocycles. The van der Waals surface area contributed by atoms with Crippen LogP contribution in [0.15, 0.2) is 47.5 Å². The lowest BCUT2D eigenvalue weighted by Gasteiger charge is -2.31. The number of aliphatic hydroxyl groups is 1. The van der Waals surface area contributed by atoms with E-state index >= 15 is 0 Å². The highest BCUT2D eigenvalue weighted by atomic mass is 16.3. The van der Waals surface area contributed by atoms with Gasteiger partial charge in [-0.25, -0.2) is 0 Å². The summed E-state index contributed by atoms with van der Waals surface area (Å²) in [6, 6.07) is 7.27. The van der Waals surface area contributed by atoms with E-state index in [4.69, 9.17) is 0 Å². The standard InChI is InChI=1S/C25H30N4O3/c1-2-3-18-6-7-21-22-19(14-28(21)25(18)32)20(15-30)23(24(31)27-12-16-4-5-16)29(22)13-17-8-10-26-11-9-17/h2-3,6-11,16,19-20,22-23,30H,4-5,12-15H2,1H3,(H,27,31)/b3-2-/t19-,20-,22+,23-/m1/s1. The van der Waals surface area contributed by atoms with Crippen LogP contribution in [0.1, 0.15) is 42.6 Å². The van der Waals surface area contributed by atoms with Crippen molar-refractivity contribution in [2.45, 2.75) is 44.9 Å². The van der Waals surface area contributed by atoms with E-state index in [0.717, 1.165) is 11.3 Å². The van der Waals surface area contributed by atoms with E-state index in [2.05, 4.69) is 15.2 Å². The summed E-state index contributed by atoms with van der Waals surface area (Å²) in [6.45, 7) is 3.60. The SMILES string of the molecule is C/C=C\c1ccc2n(c1=O)C[C@@H]1[C@@H](CO)[C@H](C(=O)NCC3CC3)N(Cc3ccncc3)[C@H]21. The number of amides is 1. The van der Waals surface area contributed by atoms with Gasteiger partial charge in [0.15, 0.2) is 0 Å². The molecule has 4 atom stereocenters. The number of hydrogen-bond donors (Lipinski definition) is 2. The number of nitrogens with zero attached hydrogens (tertiary/aromatic N) is 3. The number of carbonyl (C=O) groups is 1. The molecule has 168 valence electrons. The summed E-state index contributed by atoms with van der Waals surface area (Å²) >= 11 is 0. The molecule has 32 heavy (non-hydrogen) atoms. The van der Waals surface area contributed by atoms with E-state index in [1.165, 1.54) is 12.8 Å². The number of likely N-dealkylation sites (tertiary alicyclic amines) is 1. The van der Waals surface area contributed by atoms with Crippen LogP contribution in [-0.2, 0) is 17.9 Å². The van der Waals surface area contributed by atoms with E-state index in [1.54, 1.807) is 12.4 Å². The van der Waals surface area contributed by atoms with Crippen molar-refractivity contribution in [1.82, 2.24) is 19.8 Å². The molecule has 0 radical (unpaired) electrons. The largest absolute Gasteiger partial charge is 0.396 e. The molecule has 2 N–H and O–H groups in total. The molecule has 0 unspecified atom stereocenters. The summed E-state index contributed by atoms with van der Waals surface area (Å²) in [6.07, 6.45) is 9.55. The van der Waals surface area contributed by atoms with Gasteiger partial charge in [0.05, 0.1) is 12.1 Å². The predicted octanol–water partition coefficient (Wildman–Crippen LogP) is 1.97. The minimum atomic E-state index is -0.430. The lowest BCUT2D eigenvalue weighted by atomic mass is 9.88. The number of hydrogen-bond acceptors (Lipinski definition) is 5. The van der Waals surface area contributed by atoms with E-state index in [0.29, 0.717) is 31.1 Å². The van der Waals surface area contributed by atoms with Gasteiger partial charge in [-0.2, -0.15) is 0 Å². The normalized spacial score (nSPS) is 26.9. The zero-order valence-electron chi connectivity index (χ0n) is 18.4. The molecule has 3 aliphatic rings. The van der Waals surface area contributed by atoms with Gasteiger partial charge in [0.2, 0.25) is 5.91 Å². The van der Waals surface area contributed by atoms with E-state index in [1.807, 2.05) is 47.9 Å². The molecule has 1 saturated heterocycles. The Hall–Kier alpha value is -2.77. The third-order valence-corrected chi connectivity index (χ3v) is 7.21. The Labute approximate surface area is 187 Å². The van der Waals surface area contributed by atoms with Crippen LogP contribution in [0, 0.1) is 17.8 Å². The van der Waals surface area contributed by atoms with Crippen molar-refractivity contribution < 1.29 is 9.90 Å². The summed E-state index contributed by atoms with van der Waals surface area (Å²) in [5.74, 6) is 0.349. The number of rotatable bonds is 7. The monoisotopic (exact) mass is 434 g/mol. The molecule has 2 aromatic rings. The van der Waals surface area contributed by atoms with E-state index in [-0.39, 0.29) is 36.0 Å². The number of pyridine rings is 2. The van der Waals surface area contributed by atoms with Crippen molar-refractivity contribution >= 4 is 12.0 Å². The molecule has 0 aromatic carbocycles. The first kappa shape index (κ1) is 21.1. The molecular weight excluding hydrogens is 404 g/mol. The molecule has 1 amide bonds. The van der Waals surface area contributed by atoms with Gasteiger partial charge >= 0.3 is 0 Å². The number of aromatic nitrogens is 2. The Balaban J connectivity index is 1.53. The van der Waals surface area contributed by atoms with Crippen molar-refractivity contribution in [2.75, 3.05) is 13.2 Å². The summed E-state index contributed by atoms with van der Waals surface area (Å²) in [4.78, 5) is 32.7. The van der Waals surface area contributed by atoms with Gasteiger partial charge in [-0.05, 0) is 55.5 Å². The predicted molar refractivity (Wildman–Crippen MR) is 122 cm³/mol. The van der Waals surface area contributed by atoms with Crippen LogP contribution < -0.4 is 10.9 Å². The second kappa shape index (κ2) is 8.64. The van der Waals surface area contributed by atoms with Gasteiger partial charge in [0.1, 0.15) is 0 Å². The van der Waals surface area contributed by atoms with E-state index in [9.17, 15) is 14.7 Å². The smallest absolute Gasteiger partial charge is 0.258 e. The molecule has 0 spiro atoms. The average Bonchev–Trinajstić information content (AvgIpc) is 3.48. The molecule has 2 aliphatic heterocycles. The first-order chi connectivity index (χ1) is 15.6. The fourth-order valence-corrected chi connectivity index (χ4v) is 5.48. The molecule has 2 aromatic heterocycles. The fraction of sp³-hybridized carbons (Fsp3) is 0.480. The first-order valence-corrected chi connectivity index (χ1v) is 11.5. The lowest BCUT2D eigenvalue weighted by Crippen LogP contribution is -2.48. The quantitative estimate of drug-likeness (QED) is 0.696. The van der Waals surface area contributed by atoms with Crippen LogP contribution in [0.2, 0.25) is 0 Å². The topological polar surface area (TPSA) is 87.5 Å². The minimum absolute atomic E-state index is 0.00654. The van der Waals surface area contributed by atoms with Crippen molar-refractivity contribution in [3.63, 3.8) is 0 Å². The number of nitrogens with one attached hydrogen (secondary N) is 1. The molecular formula is C25H30N4O3. The van der Waals surface area contributed by atoms with Crippen molar-refractivity contribution in [1.29, 1.82) is 0 Å². The van der Waals surface area contributed by atoms with Gasteiger partial charge in [0, 0.05) is 61.7 Å². The zero-order chi connectivity index (χ0) is 22.2. The van der Waals surface area contributed by atoms with E-state index < -0.39 is 6.04 Å². The van der Waals surface area contributed by atoms with Crippen LogP contribution in [0.5, 0.6) is 0 Å². The van der Waals surface area contributed by atoms with Gasteiger partial charge in [0.25, 0.3) is 5.56 Å². The highest BCUT2D eigenvalue weighted by Crippen LogP contribution is 2.49. The third-order valence-electron chi connectivity index (χ3n) is 7.21. The van der Waals surface area contributed by atoms with Crippen LogP contribution in [0.4, 0.5) is 0 Å². The third kappa shape index (κ3) is 3.69. The first-order valence-electron chi connectivity index (χ1n) is 11.5. The second-order valence-electron chi connectivity index (χ2n) is 9.25. The highest BCUT2D eigenvalue weighted by molar-refractivity contribution is 5.83. The summed E-state index contributed by atoms with van der Waals surface area (Å²) in [5, 5.41) is 13.5. The number of carbonyl (C=O) groups excluding carboxylic acids is 1.